The van der Waals surface area contributed by atoms with Gasteiger partial charge in [-0.15, -0.1) is 11.3 Å². The summed E-state index contributed by atoms with van der Waals surface area (Å²) in [6, 6.07) is 10.3. The first-order valence-corrected chi connectivity index (χ1v) is 7.39. The average molecular weight is 304 g/mol. The molecule has 1 aromatic carbocycles. The van der Waals surface area contributed by atoms with Crippen molar-refractivity contribution in [2.24, 2.45) is 0 Å². The molecule has 0 aliphatic rings. The third kappa shape index (κ3) is 4.92. The van der Waals surface area contributed by atoms with Crippen LogP contribution >= 0.6 is 11.3 Å². The number of nitrogens with one attached hydrogen (secondary N) is 2. The highest BCUT2D eigenvalue weighted by Crippen LogP contribution is 2.08. The number of amides is 2. The van der Waals surface area contributed by atoms with Crippen LogP contribution in [0.15, 0.2) is 41.8 Å². The fourth-order valence-electron chi connectivity index (χ4n) is 1.81. The van der Waals surface area contributed by atoms with Crippen LogP contribution in [0.1, 0.15) is 20.8 Å². The van der Waals surface area contributed by atoms with E-state index in [-0.39, 0.29) is 11.6 Å². The van der Waals surface area contributed by atoms with Gasteiger partial charge < -0.3 is 15.7 Å². The SMILES string of the molecule is O=C(NCCc1cccs1)NCc1cccc(C(=O)O)c1. The Kier molecular flexibility index (Phi) is 5.34. The third-order valence-corrected chi connectivity index (χ3v) is 3.80. The number of urea groups is 1. The van der Waals surface area contributed by atoms with Crippen LogP contribution in [0.2, 0.25) is 0 Å². The first-order valence-electron chi connectivity index (χ1n) is 6.51. The van der Waals surface area contributed by atoms with Gasteiger partial charge >= 0.3 is 12.0 Å². The number of carboxylic acid groups (broad SMARTS) is 1. The van der Waals surface area contributed by atoms with Crippen molar-refractivity contribution < 1.29 is 14.7 Å². The maximum Gasteiger partial charge on any atom is 0.335 e. The number of aromatic carboxylic acids is 1. The van der Waals surface area contributed by atoms with Crippen LogP contribution < -0.4 is 10.6 Å². The number of thiophene rings is 1. The van der Waals surface area contributed by atoms with E-state index in [1.165, 1.54) is 10.9 Å². The molecule has 0 unspecified atom stereocenters. The monoisotopic (exact) mass is 304 g/mol. The minimum Gasteiger partial charge on any atom is -0.478 e. The molecule has 0 aliphatic carbocycles. The van der Waals surface area contributed by atoms with Crippen molar-refractivity contribution in [2.75, 3.05) is 6.54 Å². The summed E-state index contributed by atoms with van der Waals surface area (Å²) in [5, 5.41) is 16.4. The van der Waals surface area contributed by atoms with E-state index in [4.69, 9.17) is 5.11 Å². The summed E-state index contributed by atoms with van der Waals surface area (Å²) >= 11 is 1.66. The smallest absolute Gasteiger partial charge is 0.335 e. The van der Waals surface area contributed by atoms with Crippen LogP contribution in [-0.2, 0) is 13.0 Å². The Hall–Kier alpha value is -2.34. The third-order valence-electron chi connectivity index (χ3n) is 2.86. The lowest BCUT2D eigenvalue weighted by molar-refractivity contribution is 0.0696. The lowest BCUT2D eigenvalue weighted by Gasteiger charge is -2.07. The van der Waals surface area contributed by atoms with Crippen LogP contribution in [0.25, 0.3) is 0 Å². The van der Waals surface area contributed by atoms with Crippen molar-refractivity contribution in [2.45, 2.75) is 13.0 Å². The van der Waals surface area contributed by atoms with Gasteiger partial charge in [0.25, 0.3) is 0 Å². The van der Waals surface area contributed by atoms with Crippen molar-refractivity contribution in [1.29, 1.82) is 0 Å². The van der Waals surface area contributed by atoms with Gasteiger partial charge in [0.05, 0.1) is 5.56 Å². The average Bonchev–Trinajstić information content (AvgIpc) is 2.99. The van der Waals surface area contributed by atoms with E-state index >= 15 is 0 Å². The second kappa shape index (κ2) is 7.44. The van der Waals surface area contributed by atoms with Crippen molar-refractivity contribution in [1.82, 2.24) is 10.6 Å². The van der Waals surface area contributed by atoms with Crippen LogP contribution in [-0.4, -0.2) is 23.7 Å². The van der Waals surface area contributed by atoms with Crippen LogP contribution in [0.3, 0.4) is 0 Å². The topological polar surface area (TPSA) is 78.4 Å². The lowest BCUT2D eigenvalue weighted by Crippen LogP contribution is -2.36. The molecule has 0 bridgehead atoms. The minimum atomic E-state index is -0.975. The van der Waals surface area contributed by atoms with Gasteiger partial charge in [0.15, 0.2) is 0 Å². The van der Waals surface area contributed by atoms with Gasteiger partial charge in [0.2, 0.25) is 0 Å². The molecular weight excluding hydrogens is 288 g/mol. The number of rotatable bonds is 6. The molecule has 0 fully saturated rings. The first kappa shape index (κ1) is 15.1. The summed E-state index contributed by atoms with van der Waals surface area (Å²) < 4.78 is 0. The fraction of sp³-hybridized carbons (Fsp3) is 0.200. The Morgan fingerprint density at radius 3 is 2.71 bits per heavy atom. The summed E-state index contributed by atoms with van der Waals surface area (Å²) in [4.78, 5) is 23.7. The molecule has 0 aliphatic heterocycles. The van der Waals surface area contributed by atoms with Crippen LogP contribution in [0, 0.1) is 0 Å². The predicted octanol–water partition coefficient (Wildman–Crippen LogP) is 2.49. The van der Waals surface area contributed by atoms with E-state index in [9.17, 15) is 9.59 Å². The Balaban J connectivity index is 1.73. The number of carbonyl (C=O) groups excluding carboxylic acids is 1. The maximum absolute atomic E-state index is 11.6. The van der Waals surface area contributed by atoms with Gasteiger partial charge in [0, 0.05) is 18.0 Å². The van der Waals surface area contributed by atoms with E-state index in [1.54, 1.807) is 29.5 Å². The standard InChI is InChI=1S/C15H16N2O3S/c18-14(19)12-4-1-3-11(9-12)10-17-15(20)16-7-6-13-5-2-8-21-13/h1-5,8-9H,6-7,10H2,(H,18,19)(H2,16,17,20). The van der Waals surface area contributed by atoms with E-state index < -0.39 is 5.97 Å². The van der Waals surface area contributed by atoms with Crippen molar-refractivity contribution >= 4 is 23.3 Å². The molecule has 1 heterocycles. The second-order valence-electron chi connectivity index (χ2n) is 4.44. The number of hydrogen-bond acceptors (Lipinski definition) is 3. The number of hydrogen-bond donors (Lipinski definition) is 3. The molecule has 0 radical (unpaired) electrons. The van der Waals surface area contributed by atoms with Gasteiger partial charge in [-0.1, -0.05) is 18.2 Å². The molecule has 110 valence electrons. The van der Waals surface area contributed by atoms with Gasteiger partial charge in [-0.25, -0.2) is 9.59 Å². The maximum atomic E-state index is 11.6. The molecule has 0 saturated carbocycles. The number of carboxylic acids is 1. The lowest BCUT2D eigenvalue weighted by atomic mass is 10.1. The highest BCUT2D eigenvalue weighted by Gasteiger charge is 2.04. The van der Waals surface area contributed by atoms with Gasteiger partial charge in [-0.2, -0.15) is 0 Å². The zero-order valence-electron chi connectivity index (χ0n) is 11.3. The van der Waals surface area contributed by atoms with Crippen LogP contribution in [0.4, 0.5) is 4.79 Å². The van der Waals surface area contributed by atoms with E-state index in [0.717, 1.165) is 12.0 Å². The number of benzene rings is 1. The largest absolute Gasteiger partial charge is 0.478 e. The highest BCUT2D eigenvalue weighted by atomic mass is 32.1. The number of carbonyl (C=O) groups is 2. The van der Waals surface area contributed by atoms with Gasteiger partial charge in [-0.3, -0.25) is 0 Å². The van der Waals surface area contributed by atoms with Crippen molar-refractivity contribution in [3.63, 3.8) is 0 Å². The Morgan fingerprint density at radius 2 is 2.00 bits per heavy atom. The first-order chi connectivity index (χ1) is 10.1. The van der Waals surface area contributed by atoms with E-state index in [0.29, 0.717) is 13.1 Å². The quantitative estimate of drug-likeness (QED) is 0.767. The summed E-state index contributed by atoms with van der Waals surface area (Å²) in [6.07, 6.45) is 0.805. The molecule has 0 atom stereocenters. The summed E-state index contributed by atoms with van der Waals surface area (Å²) in [5.41, 5.74) is 0.968. The molecule has 0 spiro atoms. The van der Waals surface area contributed by atoms with Crippen molar-refractivity contribution in [3.8, 4) is 0 Å². The summed E-state index contributed by atoms with van der Waals surface area (Å²) in [6.45, 7) is 0.869. The Morgan fingerprint density at radius 1 is 1.14 bits per heavy atom. The van der Waals surface area contributed by atoms with E-state index in [1.807, 2.05) is 17.5 Å². The molecule has 6 heteroatoms. The molecule has 3 N–H and O–H groups in total. The van der Waals surface area contributed by atoms with Gasteiger partial charge in [0.1, 0.15) is 0 Å². The molecular formula is C15H16N2O3S. The summed E-state index contributed by atoms with van der Waals surface area (Å²) in [5.74, 6) is -0.975. The molecule has 2 amide bonds. The minimum absolute atomic E-state index is 0.215. The fourth-order valence-corrected chi connectivity index (χ4v) is 2.52. The van der Waals surface area contributed by atoms with Crippen molar-refractivity contribution in [3.05, 3.63) is 57.8 Å². The second-order valence-corrected chi connectivity index (χ2v) is 5.48. The molecule has 2 rings (SSSR count). The highest BCUT2D eigenvalue weighted by molar-refractivity contribution is 7.09. The zero-order valence-corrected chi connectivity index (χ0v) is 12.2. The molecule has 1 aromatic heterocycles. The zero-order chi connectivity index (χ0) is 15.1. The Labute approximate surface area is 126 Å². The Bertz CT molecular complexity index is 611. The molecule has 2 aromatic rings. The molecule has 21 heavy (non-hydrogen) atoms. The summed E-state index contributed by atoms with van der Waals surface area (Å²) in [7, 11) is 0. The normalized spacial score (nSPS) is 10.1. The molecule has 0 saturated heterocycles. The van der Waals surface area contributed by atoms with Crippen LogP contribution in [0.5, 0.6) is 0 Å². The van der Waals surface area contributed by atoms with Gasteiger partial charge in [-0.05, 0) is 35.6 Å². The molecule has 5 nitrogen and oxygen atoms in total. The van der Waals surface area contributed by atoms with E-state index in [2.05, 4.69) is 10.6 Å². The predicted molar refractivity (Wildman–Crippen MR) is 81.7 cm³/mol.